The van der Waals surface area contributed by atoms with Crippen LogP contribution in [0, 0.1) is 0 Å². The average molecular weight is 223 g/mol. The summed E-state index contributed by atoms with van der Waals surface area (Å²) in [5, 5.41) is 12.6. The first kappa shape index (κ1) is 13.0. The van der Waals surface area contributed by atoms with Crippen molar-refractivity contribution in [2.24, 2.45) is 0 Å². The predicted octanol–water partition coefficient (Wildman–Crippen LogP) is 1.60. The quantitative estimate of drug-likeness (QED) is 0.690. The minimum atomic E-state index is -0.231. The van der Waals surface area contributed by atoms with E-state index in [0.717, 1.165) is 25.1 Å². The maximum atomic E-state index is 9.35. The van der Waals surface area contributed by atoms with Crippen molar-refractivity contribution < 1.29 is 9.84 Å². The SMILES string of the molecule is CCC(O)CNCCc1cccc(OC)c1. The highest BCUT2D eigenvalue weighted by Gasteiger charge is 1.99. The van der Waals surface area contributed by atoms with Crippen LogP contribution >= 0.6 is 0 Å². The van der Waals surface area contributed by atoms with Crippen LogP contribution < -0.4 is 10.1 Å². The summed E-state index contributed by atoms with van der Waals surface area (Å²) in [5.41, 5.74) is 1.25. The largest absolute Gasteiger partial charge is 0.497 e. The second kappa shape index (κ2) is 7.25. The molecule has 2 N–H and O–H groups in total. The van der Waals surface area contributed by atoms with Crippen molar-refractivity contribution in [1.29, 1.82) is 0 Å². The summed E-state index contributed by atoms with van der Waals surface area (Å²) in [4.78, 5) is 0. The lowest BCUT2D eigenvalue weighted by molar-refractivity contribution is 0.168. The molecule has 1 aromatic carbocycles. The highest BCUT2D eigenvalue weighted by Crippen LogP contribution is 2.12. The Bertz CT molecular complexity index is 302. The molecule has 0 aliphatic rings. The Labute approximate surface area is 97.4 Å². The molecule has 0 fully saturated rings. The van der Waals surface area contributed by atoms with Crippen molar-refractivity contribution in [3.8, 4) is 5.75 Å². The van der Waals surface area contributed by atoms with Crippen molar-refractivity contribution in [2.75, 3.05) is 20.2 Å². The Morgan fingerprint density at radius 3 is 2.94 bits per heavy atom. The monoisotopic (exact) mass is 223 g/mol. The number of aliphatic hydroxyl groups excluding tert-OH is 1. The summed E-state index contributed by atoms with van der Waals surface area (Å²) in [6.07, 6.45) is 1.52. The van der Waals surface area contributed by atoms with E-state index in [1.54, 1.807) is 7.11 Å². The summed E-state index contributed by atoms with van der Waals surface area (Å²) in [5.74, 6) is 0.895. The van der Waals surface area contributed by atoms with Gasteiger partial charge in [0.1, 0.15) is 5.75 Å². The Kier molecular flexibility index (Phi) is 5.90. The van der Waals surface area contributed by atoms with E-state index in [1.165, 1.54) is 5.56 Å². The molecule has 0 amide bonds. The van der Waals surface area contributed by atoms with Gasteiger partial charge in [-0.05, 0) is 37.1 Å². The summed E-state index contributed by atoms with van der Waals surface area (Å²) in [6.45, 7) is 3.53. The zero-order valence-electron chi connectivity index (χ0n) is 10.1. The van der Waals surface area contributed by atoms with Gasteiger partial charge in [0.2, 0.25) is 0 Å². The number of ether oxygens (including phenoxy) is 1. The molecular weight excluding hydrogens is 202 g/mol. The topological polar surface area (TPSA) is 41.5 Å². The molecule has 3 heteroatoms. The van der Waals surface area contributed by atoms with Gasteiger partial charge in [0, 0.05) is 6.54 Å². The van der Waals surface area contributed by atoms with Gasteiger partial charge >= 0.3 is 0 Å². The van der Waals surface area contributed by atoms with Crippen LogP contribution in [0.15, 0.2) is 24.3 Å². The van der Waals surface area contributed by atoms with Crippen LogP contribution in [-0.4, -0.2) is 31.4 Å². The molecule has 0 radical (unpaired) electrons. The van der Waals surface area contributed by atoms with Gasteiger partial charge in [-0.25, -0.2) is 0 Å². The third-order valence-corrected chi connectivity index (χ3v) is 2.58. The molecule has 3 nitrogen and oxygen atoms in total. The highest BCUT2D eigenvalue weighted by atomic mass is 16.5. The molecule has 90 valence electrons. The molecule has 1 unspecified atom stereocenters. The van der Waals surface area contributed by atoms with Crippen LogP contribution in [0.4, 0.5) is 0 Å². The van der Waals surface area contributed by atoms with E-state index in [2.05, 4.69) is 11.4 Å². The van der Waals surface area contributed by atoms with Crippen LogP contribution in [0.25, 0.3) is 0 Å². The standard InChI is InChI=1S/C13H21NO2/c1-3-12(15)10-14-8-7-11-5-4-6-13(9-11)16-2/h4-6,9,12,14-15H,3,7-8,10H2,1-2H3. The van der Waals surface area contributed by atoms with E-state index in [0.29, 0.717) is 6.54 Å². The normalized spacial score (nSPS) is 12.4. The molecular formula is C13H21NO2. The maximum Gasteiger partial charge on any atom is 0.119 e. The van der Waals surface area contributed by atoms with Crippen LogP contribution in [0.5, 0.6) is 5.75 Å². The van der Waals surface area contributed by atoms with E-state index in [9.17, 15) is 5.11 Å². The first-order chi connectivity index (χ1) is 7.76. The first-order valence-corrected chi connectivity index (χ1v) is 5.78. The lowest BCUT2D eigenvalue weighted by Gasteiger charge is -2.09. The molecule has 0 aliphatic carbocycles. The number of hydrogen-bond acceptors (Lipinski definition) is 3. The van der Waals surface area contributed by atoms with Gasteiger partial charge in [-0.15, -0.1) is 0 Å². The lowest BCUT2D eigenvalue weighted by Crippen LogP contribution is -2.27. The van der Waals surface area contributed by atoms with Crippen molar-refractivity contribution >= 4 is 0 Å². The fourth-order valence-corrected chi connectivity index (χ4v) is 1.47. The van der Waals surface area contributed by atoms with Gasteiger partial charge in [-0.1, -0.05) is 19.1 Å². The molecule has 1 atom stereocenters. The van der Waals surface area contributed by atoms with Crippen molar-refractivity contribution in [1.82, 2.24) is 5.32 Å². The van der Waals surface area contributed by atoms with Crippen molar-refractivity contribution in [2.45, 2.75) is 25.9 Å². The predicted molar refractivity (Wildman–Crippen MR) is 65.9 cm³/mol. The summed E-state index contributed by atoms with van der Waals surface area (Å²) in [7, 11) is 1.68. The van der Waals surface area contributed by atoms with Crippen LogP contribution in [-0.2, 0) is 6.42 Å². The number of nitrogens with one attached hydrogen (secondary N) is 1. The molecule has 0 saturated heterocycles. The number of methoxy groups -OCH3 is 1. The van der Waals surface area contributed by atoms with Crippen LogP contribution in [0.2, 0.25) is 0 Å². The van der Waals surface area contributed by atoms with Gasteiger partial charge < -0.3 is 15.2 Å². The third-order valence-electron chi connectivity index (χ3n) is 2.58. The molecule has 0 aliphatic heterocycles. The highest BCUT2D eigenvalue weighted by molar-refractivity contribution is 5.28. The Balaban J connectivity index is 2.26. The van der Waals surface area contributed by atoms with Crippen LogP contribution in [0.1, 0.15) is 18.9 Å². The number of rotatable bonds is 7. The lowest BCUT2D eigenvalue weighted by atomic mass is 10.1. The molecule has 0 saturated carbocycles. The fourth-order valence-electron chi connectivity index (χ4n) is 1.47. The minimum Gasteiger partial charge on any atom is -0.497 e. The second-order valence-electron chi connectivity index (χ2n) is 3.87. The molecule has 0 bridgehead atoms. The van der Waals surface area contributed by atoms with E-state index in [1.807, 2.05) is 25.1 Å². The molecule has 0 aromatic heterocycles. The molecule has 0 spiro atoms. The van der Waals surface area contributed by atoms with Gasteiger partial charge in [0.15, 0.2) is 0 Å². The van der Waals surface area contributed by atoms with E-state index in [4.69, 9.17) is 4.74 Å². The molecule has 1 rings (SSSR count). The smallest absolute Gasteiger partial charge is 0.119 e. The van der Waals surface area contributed by atoms with Gasteiger partial charge in [0.25, 0.3) is 0 Å². The number of aliphatic hydroxyl groups is 1. The maximum absolute atomic E-state index is 9.35. The Morgan fingerprint density at radius 1 is 1.44 bits per heavy atom. The summed E-state index contributed by atoms with van der Waals surface area (Å²) in [6, 6.07) is 8.06. The molecule has 1 aromatic rings. The molecule has 0 heterocycles. The zero-order valence-corrected chi connectivity index (χ0v) is 10.1. The number of benzene rings is 1. The van der Waals surface area contributed by atoms with Crippen LogP contribution in [0.3, 0.4) is 0 Å². The Morgan fingerprint density at radius 2 is 2.25 bits per heavy atom. The third kappa shape index (κ3) is 4.64. The fraction of sp³-hybridized carbons (Fsp3) is 0.538. The van der Waals surface area contributed by atoms with E-state index >= 15 is 0 Å². The van der Waals surface area contributed by atoms with E-state index < -0.39 is 0 Å². The minimum absolute atomic E-state index is 0.231. The van der Waals surface area contributed by atoms with Gasteiger partial charge in [-0.3, -0.25) is 0 Å². The van der Waals surface area contributed by atoms with Gasteiger partial charge in [0.05, 0.1) is 13.2 Å². The number of hydrogen-bond donors (Lipinski definition) is 2. The Hall–Kier alpha value is -1.06. The van der Waals surface area contributed by atoms with Crippen molar-refractivity contribution in [3.63, 3.8) is 0 Å². The van der Waals surface area contributed by atoms with Gasteiger partial charge in [-0.2, -0.15) is 0 Å². The van der Waals surface area contributed by atoms with E-state index in [-0.39, 0.29) is 6.10 Å². The summed E-state index contributed by atoms with van der Waals surface area (Å²) >= 11 is 0. The zero-order chi connectivity index (χ0) is 11.8. The molecule has 16 heavy (non-hydrogen) atoms. The first-order valence-electron chi connectivity index (χ1n) is 5.78. The average Bonchev–Trinajstić information content (AvgIpc) is 2.34. The van der Waals surface area contributed by atoms with Crippen molar-refractivity contribution in [3.05, 3.63) is 29.8 Å². The summed E-state index contributed by atoms with van der Waals surface area (Å²) < 4.78 is 5.16. The second-order valence-corrected chi connectivity index (χ2v) is 3.87.